The molecule has 0 aromatic carbocycles. The van der Waals surface area contributed by atoms with Gasteiger partial charge in [0.1, 0.15) is 0 Å². The first-order valence-electron chi connectivity index (χ1n) is 9.90. The first-order chi connectivity index (χ1) is 12.6. The number of amides is 1. The van der Waals surface area contributed by atoms with E-state index in [1.165, 1.54) is 0 Å². The van der Waals surface area contributed by atoms with Crippen LogP contribution >= 0.6 is 0 Å². The largest absolute Gasteiger partial charge is 0.378 e. The molecule has 7 heteroatoms. The summed E-state index contributed by atoms with van der Waals surface area (Å²) >= 11 is 0. The molecule has 0 fully saturated rings. The van der Waals surface area contributed by atoms with E-state index in [-0.39, 0.29) is 13.3 Å². The summed E-state index contributed by atoms with van der Waals surface area (Å²) in [6, 6.07) is 0. The van der Waals surface area contributed by atoms with E-state index in [9.17, 15) is 4.79 Å². The molecule has 0 aromatic heterocycles. The van der Waals surface area contributed by atoms with Crippen LogP contribution in [0.1, 0.15) is 35.0 Å². The van der Waals surface area contributed by atoms with Gasteiger partial charge in [-0.2, -0.15) is 0 Å². The fraction of sp³-hybridized carbons (Fsp3) is 0.947. The third-order valence-electron chi connectivity index (χ3n) is 3.88. The van der Waals surface area contributed by atoms with Gasteiger partial charge in [-0.25, -0.2) is 0 Å². The molecular formula is C19H42N2O5. The Morgan fingerprint density at radius 3 is 1.92 bits per heavy atom. The van der Waals surface area contributed by atoms with Crippen LogP contribution < -0.4 is 5.32 Å². The minimum atomic E-state index is 0. The molecule has 1 atom stereocenters. The van der Waals surface area contributed by atoms with Crippen molar-refractivity contribution in [2.75, 3.05) is 79.5 Å². The lowest BCUT2D eigenvalue weighted by molar-refractivity contribution is -0.134. The van der Waals surface area contributed by atoms with Crippen LogP contribution in [0.2, 0.25) is 0 Å². The first kappa shape index (κ1) is 25.3. The van der Waals surface area contributed by atoms with Gasteiger partial charge < -0.3 is 29.2 Å². The van der Waals surface area contributed by atoms with Gasteiger partial charge in [0.25, 0.3) is 0 Å². The molecule has 0 rings (SSSR count). The van der Waals surface area contributed by atoms with Crippen molar-refractivity contribution in [3.63, 3.8) is 0 Å². The molecule has 0 bridgehead atoms. The average Bonchev–Trinajstić information content (AvgIpc) is 2.64. The van der Waals surface area contributed by atoms with Crippen molar-refractivity contribution in [2.24, 2.45) is 5.92 Å². The fourth-order valence-electron chi connectivity index (χ4n) is 2.33. The summed E-state index contributed by atoms with van der Waals surface area (Å²) < 4.78 is 21.7. The number of hydrogen-bond acceptors (Lipinski definition) is 6. The van der Waals surface area contributed by atoms with Crippen molar-refractivity contribution in [1.29, 1.82) is 0 Å². The maximum Gasteiger partial charge on any atom is 0.225 e. The zero-order valence-corrected chi connectivity index (χ0v) is 17.3. The number of carbonyl (C=O) groups excluding carboxylic acids is 1. The highest BCUT2D eigenvalue weighted by Gasteiger charge is 2.15. The summed E-state index contributed by atoms with van der Waals surface area (Å²) in [7, 11) is 1.83. The highest BCUT2D eigenvalue weighted by molar-refractivity contribution is 5.78. The van der Waals surface area contributed by atoms with E-state index >= 15 is 0 Å². The Hall–Kier alpha value is -0.730. The number of nitrogens with one attached hydrogen (secondary N) is 1. The zero-order chi connectivity index (χ0) is 19.5. The lowest BCUT2D eigenvalue weighted by Crippen LogP contribution is -2.34. The number of hydrogen-bond donors (Lipinski definition) is 1. The molecule has 7 nitrogen and oxygen atoms in total. The van der Waals surface area contributed by atoms with Crippen molar-refractivity contribution >= 4 is 5.91 Å². The van der Waals surface area contributed by atoms with Gasteiger partial charge in [0.2, 0.25) is 5.91 Å². The van der Waals surface area contributed by atoms with E-state index in [2.05, 4.69) is 19.2 Å². The van der Waals surface area contributed by atoms with Gasteiger partial charge in [-0.15, -0.1) is 0 Å². The molecular weight excluding hydrogens is 336 g/mol. The summed E-state index contributed by atoms with van der Waals surface area (Å²) in [5.41, 5.74) is 0. The molecule has 0 heterocycles. The van der Waals surface area contributed by atoms with Crippen LogP contribution in [-0.2, 0) is 23.7 Å². The molecule has 0 radical (unpaired) electrons. The van der Waals surface area contributed by atoms with Gasteiger partial charge in [-0.05, 0) is 13.0 Å². The molecule has 158 valence electrons. The third-order valence-corrected chi connectivity index (χ3v) is 3.88. The molecule has 0 aromatic rings. The molecule has 1 N–H and O–H groups in total. The molecule has 0 aliphatic rings. The van der Waals surface area contributed by atoms with Gasteiger partial charge in [-0.1, -0.05) is 27.2 Å². The lowest BCUT2D eigenvalue weighted by atomic mass is 10.1. The minimum Gasteiger partial charge on any atom is -0.378 e. The number of carbonyl (C=O) groups is 1. The van der Waals surface area contributed by atoms with Crippen LogP contribution in [0.3, 0.4) is 0 Å². The second-order valence-corrected chi connectivity index (χ2v) is 6.25. The number of ether oxygens (including phenoxy) is 4. The van der Waals surface area contributed by atoms with Gasteiger partial charge in [-0.3, -0.25) is 4.79 Å². The number of nitrogens with zero attached hydrogens (tertiary/aromatic N) is 1. The van der Waals surface area contributed by atoms with E-state index < -0.39 is 0 Å². The number of rotatable bonds is 19. The molecule has 0 saturated carbocycles. The van der Waals surface area contributed by atoms with Crippen molar-refractivity contribution in [3.05, 3.63) is 0 Å². The second-order valence-electron chi connectivity index (χ2n) is 6.25. The van der Waals surface area contributed by atoms with E-state index in [1.807, 2.05) is 14.0 Å². The Balaban J connectivity index is 0. The van der Waals surface area contributed by atoms with Crippen molar-refractivity contribution in [1.82, 2.24) is 10.2 Å². The number of likely N-dealkylation sites (N-methyl/N-ethyl adjacent to an activating group) is 2. The predicted molar refractivity (Wildman–Crippen MR) is 106 cm³/mol. The van der Waals surface area contributed by atoms with E-state index in [0.29, 0.717) is 59.4 Å². The van der Waals surface area contributed by atoms with Crippen molar-refractivity contribution in [2.45, 2.75) is 33.6 Å². The molecule has 26 heavy (non-hydrogen) atoms. The maximum atomic E-state index is 12.0. The Labute approximate surface area is 161 Å². The normalized spacial score (nSPS) is 12.3. The summed E-state index contributed by atoms with van der Waals surface area (Å²) in [4.78, 5) is 13.8. The quantitative estimate of drug-likeness (QED) is 0.346. The topological polar surface area (TPSA) is 69.3 Å². The maximum absolute atomic E-state index is 12.0. The molecule has 0 saturated heterocycles. The van der Waals surface area contributed by atoms with Crippen molar-refractivity contribution in [3.8, 4) is 0 Å². The Kier molecular flexibility index (Phi) is 18.5. The summed E-state index contributed by atoms with van der Waals surface area (Å²) in [5.74, 6) is 0.279. The Morgan fingerprint density at radius 2 is 1.42 bits per heavy atom. The van der Waals surface area contributed by atoms with Gasteiger partial charge >= 0.3 is 0 Å². The van der Waals surface area contributed by atoms with E-state index in [4.69, 9.17) is 18.9 Å². The molecule has 0 spiro atoms. The monoisotopic (exact) mass is 378 g/mol. The van der Waals surface area contributed by atoms with Crippen LogP contribution in [0.25, 0.3) is 0 Å². The highest BCUT2D eigenvalue weighted by Crippen LogP contribution is 2.08. The summed E-state index contributed by atoms with van der Waals surface area (Å²) in [5, 5.41) is 3.19. The van der Waals surface area contributed by atoms with Gasteiger partial charge in [0.05, 0.1) is 52.9 Å². The van der Waals surface area contributed by atoms with Crippen LogP contribution in [0.5, 0.6) is 0 Å². The van der Waals surface area contributed by atoms with Crippen LogP contribution in [0, 0.1) is 5.92 Å². The highest BCUT2D eigenvalue weighted by atomic mass is 16.6. The molecule has 1 unspecified atom stereocenters. The average molecular weight is 379 g/mol. The first-order valence-corrected chi connectivity index (χ1v) is 9.90. The van der Waals surface area contributed by atoms with E-state index in [0.717, 1.165) is 25.9 Å². The summed E-state index contributed by atoms with van der Waals surface area (Å²) in [6.45, 7) is 13.2. The standard InChI is InChI=1S/C19H40N2O5.H2/c1-5-7-18(3)19(22)21(4)9-11-24-13-15-26-17-16-25-14-12-23-10-8-20-6-2;/h18,20H,5-17H2,1-4H3;1H. The zero-order valence-electron chi connectivity index (χ0n) is 17.3. The molecule has 1 amide bonds. The fourth-order valence-corrected chi connectivity index (χ4v) is 2.33. The lowest BCUT2D eigenvalue weighted by Gasteiger charge is -2.21. The van der Waals surface area contributed by atoms with Crippen LogP contribution in [0.15, 0.2) is 0 Å². The molecule has 0 aliphatic heterocycles. The van der Waals surface area contributed by atoms with Crippen LogP contribution in [-0.4, -0.2) is 90.3 Å². The summed E-state index contributed by atoms with van der Waals surface area (Å²) in [6.07, 6.45) is 1.96. The third kappa shape index (κ3) is 15.5. The predicted octanol–water partition coefficient (Wildman–Crippen LogP) is 1.80. The van der Waals surface area contributed by atoms with Crippen molar-refractivity contribution < 1.29 is 25.2 Å². The Bertz CT molecular complexity index is 324. The van der Waals surface area contributed by atoms with Gasteiger partial charge in [0, 0.05) is 27.5 Å². The smallest absolute Gasteiger partial charge is 0.225 e. The second kappa shape index (κ2) is 19.0. The Morgan fingerprint density at radius 1 is 0.923 bits per heavy atom. The molecule has 0 aliphatic carbocycles. The van der Waals surface area contributed by atoms with E-state index in [1.54, 1.807) is 4.90 Å². The minimum absolute atomic E-state index is 0. The van der Waals surface area contributed by atoms with Crippen LogP contribution in [0.4, 0.5) is 0 Å². The van der Waals surface area contributed by atoms with Gasteiger partial charge in [0.15, 0.2) is 0 Å². The SMILES string of the molecule is CCCC(C)C(=O)N(C)CCOCCOCCOCCOCCNCC.[HH].